The highest BCUT2D eigenvalue weighted by atomic mass is 32.2. The number of carbonyl (C=O) groups is 3. The van der Waals surface area contributed by atoms with E-state index in [9.17, 15) is 14.4 Å². The molecule has 0 spiro atoms. The smallest absolute Gasteiger partial charge is 0.339 e. The van der Waals surface area contributed by atoms with Gasteiger partial charge in [-0.3, -0.25) is 9.59 Å². The molecule has 5 rings (SSSR count). The summed E-state index contributed by atoms with van der Waals surface area (Å²) < 4.78 is 10.1. The first-order valence-corrected chi connectivity index (χ1v) is 12.9. The quantitative estimate of drug-likeness (QED) is 0.291. The van der Waals surface area contributed by atoms with Gasteiger partial charge in [-0.15, -0.1) is 11.8 Å². The molecule has 0 aromatic heterocycles. The summed E-state index contributed by atoms with van der Waals surface area (Å²) in [6.07, 6.45) is 8.06. The summed E-state index contributed by atoms with van der Waals surface area (Å²) in [6, 6.07) is 7.06. The number of nitrogens with one attached hydrogen (secondary N) is 2. The van der Waals surface area contributed by atoms with Crippen LogP contribution in [-0.2, 0) is 19.1 Å². The number of amides is 2. The SMILES string of the molecule is COCCCNC(=O)COC(=O)c1ccccc1SCC(=O)NC12CC3CC(CC(C3)C1)C2. The van der Waals surface area contributed by atoms with Crippen LogP contribution in [0.1, 0.15) is 55.3 Å². The molecule has 4 fully saturated rings. The van der Waals surface area contributed by atoms with E-state index in [1.165, 1.54) is 31.0 Å². The van der Waals surface area contributed by atoms with Gasteiger partial charge in [-0.1, -0.05) is 12.1 Å². The number of hydrogen-bond acceptors (Lipinski definition) is 6. The molecule has 0 saturated heterocycles. The van der Waals surface area contributed by atoms with E-state index >= 15 is 0 Å². The Kier molecular flexibility index (Phi) is 7.96. The Morgan fingerprint density at radius 3 is 2.36 bits per heavy atom. The van der Waals surface area contributed by atoms with Gasteiger partial charge < -0.3 is 20.1 Å². The lowest BCUT2D eigenvalue weighted by atomic mass is 9.53. The zero-order chi connectivity index (χ0) is 23.3. The standard InChI is InChI=1S/C25H34N2O5S/c1-31-8-4-7-26-22(28)15-32-24(30)20-5-2-3-6-21(20)33-16-23(29)27-25-12-17-9-18(13-25)11-19(10-17)14-25/h2-3,5-6,17-19H,4,7-16H2,1H3,(H,26,28)(H,27,29). The largest absolute Gasteiger partial charge is 0.452 e. The van der Waals surface area contributed by atoms with Gasteiger partial charge >= 0.3 is 5.97 Å². The first kappa shape index (κ1) is 24.1. The second-order valence-corrected chi connectivity index (χ2v) is 10.8. The van der Waals surface area contributed by atoms with Gasteiger partial charge in [-0.2, -0.15) is 0 Å². The predicted octanol–water partition coefficient (Wildman–Crippen LogP) is 3.17. The monoisotopic (exact) mass is 474 g/mol. The summed E-state index contributed by atoms with van der Waals surface area (Å²) in [4.78, 5) is 37.9. The minimum Gasteiger partial charge on any atom is -0.452 e. The molecular weight excluding hydrogens is 440 g/mol. The molecule has 0 heterocycles. The van der Waals surface area contributed by atoms with Crippen LogP contribution in [0.2, 0.25) is 0 Å². The molecule has 7 nitrogen and oxygen atoms in total. The van der Waals surface area contributed by atoms with Crippen molar-refractivity contribution in [3.8, 4) is 0 Å². The van der Waals surface area contributed by atoms with E-state index in [1.54, 1.807) is 19.2 Å². The van der Waals surface area contributed by atoms with E-state index in [4.69, 9.17) is 9.47 Å². The van der Waals surface area contributed by atoms with Gasteiger partial charge in [0.25, 0.3) is 5.91 Å². The molecule has 4 aliphatic carbocycles. The van der Waals surface area contributed by atoms with Gasteiger partial charge in [0.15, 0.2) is 6.61 Å². The average Bonchev–Trinajstić information content (AvgIpc) is 2.78. The highest BCUT2D eigenvalue weighted by Crippen LogP contribution is 2.55. The molecule has 4 saturated carbocycles. The van der Waals surface area contributed by atoms with Crippen molar-refractivity contribution in [1.29, 1.82) is 0 Å². The first-order valence-electron chi connectivity index (χ1n) is 11.9. The summed E-state index contributed by atoms with van der Waals surface area (Å²) in [7, 11) is 1.60. The van der Waals surface area contributed by atoms with Crippen LogP contribution in [0.25, 0.3) is 0 Å². The van der Waals surface area contributed by atoms with E-state index in [0.717, 1.165) is 37.0 Å². The van der Waals surface area contributed by atoms with Crippen LogP contribution in [0, 0.1) is 17.8 Å². The molecule has 0 atom stereocenters. The van der Waals surface area contributed by atoms with E-state index in [-0.39, 0.29) is 29.7 Å². The number of benzene rings is 1. The van der Waals surface area contributed by atoms with E-state index in [0.29, 0.717) is 30.0 Å². The summed E-state index contributed by atoms with van der Waals surface area (Å²) in [5, 5.41) is 6.06. The van der Waals surface area contributed by atoms with Crippen molar-refractivity contribution in [3.63, 3.8) is 0 Å². The number of ether oxygens (including phenoxy) is 2. The van der Waals surface area contributed by atoms with Crippen molar-refractivity contribution in [2.75, 3.05) is 32.6 Å². The Bertz CT molecular complexity index is 839. The fourth-order valence-corrected chi connectivity index (χ4v) is 7.04. The Balaban J connectivity index is 1.26. The van der Waals surface area contributed by atoms with Gasteiger partial charge in [-0.05, 0) is 74.8 Å². The topological polar surface area (TPSA) is 93.7 Å². The number of rotatable bonds is 11. The molecule has 0 radical (unpaired) electrons. The van der Waals surface area contributed by atoms with Crippen LogP contribution in [0.15, 0.2) is 29.2 Å². The third-order valence-electron chi connectivity index (χ3n) is 7.09. The van der Waals surface area contributed by atoms with Crippen molar-refractivity contribution in [2.24, 2.45) is 17.8 Å². The molecule has 2 amide bonds. The number of thioether (sulfide) groups is 1. The summed E-state index contributed by atoms with van der Waals surface area (Å²) >= 11 is 1.34. The average molecular weight is 475 g/mol. The van der Waals surface area contributed by atoms with Crippen molar-refractivity contribution < 1.29 is 23.9 Å². The van der Waals surface area contributed by atoms with E-state index < -0.39 is 5.97 Å². The Morgan fingerprint density at radius 2 is 1.70 bits per heavy atom. The van der Waals surface area contributed by atoms with Crippen LogP contribution < -0.4 is 10.6 Å². The lowest BCUT2D eigenvalue weighted by Gasteiger charge is -2.56. The van der Waals surface area contributed by atoms with Crippen LogP contribution in [0.3, 0.4) is 0 Å². The molecule has 0 aliphatic heterocycles. The summed E-state index contributed by atoms with van der Waals surface area (Å²) in [6.45, 7) is 0.688. The molecule has 1 aromatic carbocycles. The maximum absolute atomic E-state index is 12.8. The van der Waals surface area contributed by atoms with Crippen molar-refractivity contribution in [1.82, 2.24) is 10.6 Å². The van der Waals surface area contributed by atoms with Gasteiger partial charge in [0, 0.05) is 30.7 Å². The van der Waals surface area contributed by atoms with Crippen molar-refractivity contribution in [3.05, 3.63) is 29.8 Å². The molecule has 2 N–H and O–H groups in total. The highest BCUT2D eigenvalue weighted by molar-refractivity contribution is 8.00. The van der Waals surface area contributed by atoms with Crippen LogP contribution >= 0.6 is 11.8 Å². The zero-order valence-corrected chi connectivity index (χ0v) is 20.1. The zero-order valence-electron chi connectivity index (χ0n) is 19.3. The molecular formula is C25H34N2O5S. The summed E-state index contributed by atoms with van der Waals surface area (Å²) in [5.41, 5.74) is 0.360. The Labute approximate surface area is 199 Å². The summed E-state index contributed by atoms with van der Waals surface area (Å²) in [5.74, 6) is 1.70. The van der Waals surface area contributed by atoms with Gasteiger partial charge in [-0.25, -0.2) is 4.79 Å². The number of methoxy groups -OCH3 is 1. The number of esters is 1. The lowest BCUT2D eigenvalue weighted by molar-refractivity contribution is -0.125. The molecule has 0 unspecified atom stereocenters. The van der Waals surface area contributed by atoms with Crippen LogP contribution in [0.4, 0.5) is 0 Å². The van der Waals surface area contributed by atoms with Gasteiger partial charge in [0.05, 0.1) is 11.3 Å². The lowest BCUT2D eigenvalue weighted by Crippen LogP contribution is -2.60. The second kappa shape index (κ2) is 10.9. The molecule has 4 aliphatic rings. The van der Waals surface area contributed by atoms with Gasteiger partial charge in [0.2, 0.25) is 5.91 Å². The second-order valence-electron chi connectivity index (χ2n) is 9.80. The third-order valence-corrected chi connectivity index (χ3v) is 8.16. The number of carbonyl (C=O) groups excluding carboxylic acids is 3. The maximum Gasteiger partial charge on any atom is 0.339 e. The van der Waals surface area contributed by atoms with Gasteiger partial charge in [0.1, 0.15) is 0 Å². The third kappa shape index (κ3) is 6.29. The maximum atomic E-state index is 12.8. The van der Waals surface area contributed by atoms with Crippen molar-refractivity contribution in [2.45, 2.75) is 55.4 Å². The molecule has 1 aromatic rings. The molecule has 180 valence electrons. The fraction of sp³-hybridized carbons (Fsp3) is 0.640. The highest BCUT2D eigenvalue weighted by Gasteiger charge is 2.51. The van der Waals surface area contributed by atoms with E-state index in [2.05, 4.69) is 10.6 Å². The number of hydrogen-bond donors (Lipinski definition) is 2. The normalized spacial score (nSPS) is 27.2. The minimum absolute atomic E-state index is 0.0124. The van der Waals surface area contributed by atoms with Crippen LogP contribution in [-0.4, -0.2) is 55.9 Å². The molecule has 8 heteroatoms. The molecule has 4 bridgehead atoms. The van der Waals surface area contributed by atoms with Crippen LogP contribution in [0.5, 0.6) is 0 Å². The predicted molar refractivity (Wildman–Crippen MR) is 126 cm³/mol. The van der Waals surface area contributed by atoms with Crippen molar-refractivity contribution >= 4 is 29.5 Å². The first-order chi connectivity index (χ1) is 16.0. The fourth-order valence-electron chi connectivity index (χ4n) is 6.20. The molecule has 33 heavy (non-hydrogen) atoms. The van der Waals surface area contributed by atoms with E-state index in [1.807, 2.05) is 12.1 Å². The Morgan fingerprint density at radius 1 is 1.03 bits per heavy atom. The minimum atomic E-state index is -0.563. The Hall–Kier alpha value is -2.06.